The lowest BCUT2D eigenvalue weighted by molar-refractivity contribution is 0.102. The Labute approximate surface area is 128 Å². The van der Waals surface area contributed by atoms with Crippen LogP contribution in [0.4, 0.5) is 5.69 Å². The topological polar surface area (TPSA) is 47.6 Å². The van der Waals surface area contributed by atoms with Gasteiger partial charge in [0.15, 0.2) is 11.5 Å². The van der Waals surface area contributed by atoms with Crippen LogP contribution < -0.4 is 14.8 Å². The van der Waals surface area contributed by atoms with Crippen molar-refractivity contribution >= 4 is 23.2 Å². The average Bonchev–Trinajstić information content (AvgIpc) is 2.49. The average molecular weight is 306 g/mol. The highest BCUT2D eigenvalue weighted by atomic mass is 35.5. The summed E-state index contributed by atoms with van der Waals surface area (Å²) in [6, 6.07) is 10.4. The number of hydrogen-bond donors (Lipinski definition) is 1. The second-order valence-corrected chi connectivity index (χ2v) is 4.86. The molecule has 0 atom stereocenters. The number of aryl methyl sites for hydroxylation is 1. The minimum Gasteiger partial charge on any atom is -0.493 e. The lowest BCUT2D eigenvalue weighted by Gasteiger charge is -2.14. The summed E-state index contributed by atoms with van der Waals surface area (Å²) >= 11 is 6.03. The van der Waals surface area contributed by atoms with Crippen LogP contribution in [0.5, 0.6) is 11.5 Å². The normalized spacial score (nSPS) is 10.1. The van der Waals surface area contributed by atoms with Crippen molar-refractivity contribution in [1.29, 1.82) is 0 Å². The number of halogens is 1. The largest absolute Gasteiger partial charge is 0.493 e. The standard InChI is InChI=1S/C16H16ClNO3/c1-10-8-14(20-2)15(21-3)9-13(10)18-16(19)11-6-4-5-7-12(11)17/h4-9H,1-3H3,(H,18,19). The van der Waals surface area contributed by atoms with E-state index in [1.807, 2.05) is 6.92 Å². The summed E-state index contributed by atoms with van der Waals surface area (Å²) in [5.74, 6) is 0.902. The highest BCUT2D eigenvalue weighted by molar-refractivity contribution is 6.34. The molecule has 110 valence electrons. The fourth-order valence-corrected chi connectivity index (χ4v) is 2.17. The van der Waals surface area contributed by atoms with Crippen molar-refractivity contribution in [2.45, 2.75) is 6.92 Å². The van der Waals surface area contributed by atoms with Crippen LogP contribution in [-0.4, -0.2) is 20.1 Å². The molecule has 1 amide bonds. The van der Waals surface area contributed by atoms with Gasteiger partial charge in [-0.2, -0.15) is 0 Å². The first-order valence-electron chi connectivity index (χ1n) is 6.35. The zero-order chi connectivity index (χ0) is 15.4. The number of carbonyl (C=O) groups excluding carboxylic acids is 1. The van der Waals surface area contributed by atoms with E-state index in [0.717, 1.165) is 5.56 Å². The van der Waals surface area contributed by atoms with Crippen molar-refractivity contribution < 1.29 is 14.3 Å². The molecule has 0 radical (unpaired) electrons. The SMILES string of the molecule is COc1cc(C)c(NC(=O)c2ccccc2Cl)cc1OC. The molecule has 0 saturated carbocycles. The van der Waals surface area contributed by atoms with Crippen LogP contribution in [0, 0.1) is 6.92 Å². The Morgan fingerprint density at radius 3 is 2.33 bits per heavy atom. The molecule has 5 heteroatoms. The van der Waals surface area contributed by atoms with Gasteiger partial charge in [0.1, 0.15) is 0 Å². The van der Waals surface area contributed by atoms with Crippen LogP contribution in [0.25, 0.3) is 0 Å². The summed E-state index contributed by atoms with van der Waals surface area (Å²) in [5.41, 5.74) is 1.94. The van der Waals surface area contributed by atoms with Crippen LogP contribution in [-0.2, 0) is 0 Å². The van der Waals surface area contributed by atoms with Gasteiger partial charge in [0, 0.05) is 11.8 Å². The van der Waals surface area contributed by atoms with Crippen LogP contribution in [0.2, 0.25) is 5.02 Å². The lowest BCUT2D eigenvalue weighted by atomic mass is 10.1. The summed E-state index contributed by atoms with van der Waals surface area (Å²) in [6.45, 7) is 1.88. The summed E-state index contributed by atoms with van der Waals surface area (Å²) in [6.07, 6.45) is 0. The predicted octanol–water partition coefficient (Wildman–Crippen LogP) is 3.92. The van der Waals surface area contributed by atoms with Gasteiger partial charge >= 0.3 is 0 Å². The van der Waals surface area contributed by atoms with Gasteiger partial charge in [-0.25, -0.2) is 0 Å². The number of methoxy groups -OCH3 is 2. The molecule has 0 aromatic heterocycles. The smallest absolute Gasteiger partial charge is 0.257 e. The molecule has 2 aromatic rings. The molecule has 21 heavy (non-hydrogen) atoms. The number of anilines is 1. The van der Waals surface area contributed by atoms with Gasteiger partial charge in [0.2, 0.25) is 0 Å². The highest BCUT2D eigenvalue weighted by Gasteiger charge is 2.13. The van der Waals surface area contributed by atoms with Gasteiger partial charge in [-0.3, -0.25) is 4.79 Å². The number of hydrogen-bond acceptors (Lipinski definition) is 3. The number of ether oxygens (including phenoxy) is 2. The number of amides is 1. The number of rotatable bonds is 4. The summed E-state index contributed by atoms with van der Waals surface area (Å²) in [7, 11) is 3.12. The maximum atomic E-state index is 12.3. The molecule has 4 nitrogen and oxygen atoms in total. The number of benzene rings is 2. The van der Waals surface area contributed by atoms with Gasteiger partial charge in [-0.15, -0.1) is 0 Å². The quantitative estimate of drug-likeness (QED) is 0.931. The predicted molar refractivity (Wildman–Crippen MR) is 83.7 cm³/mol. The van der Waals surface area contributed by atoms with Crippen LogP contribution in [0.15, 0.2) is 36.4 Å². The minimum absolute atomic E-state index is 0.268. The zero-order valence-electron chi connectivity index (χ0n) is 12.1. The van der Waals surface area contributed by atoms with Crippen molar-refractivity contribution in [3.05, 3.63) is 52.5 Å². The number of nitrogens with one attached hydrogen (secondary N) is 1. The first-order chi connectivity index (χ1) is 10.1. The molecule has 1 N–H and O–H groups in total. The monoisotopic (exact) mass is 305 g/mol. The van der Waals surface area contributed by atoms with Crippen molar-refractivity contribution in [2.24, 2.45) is 0 Å². The highest BCUT2D eigenvalue weighted by Crippen LogP contribution is 2.33. The van der Waals surface area contributed by atoms with Crippen LogP contribution in [0.3, 0.4) is 0 Å². The van der Waals surface area contributed by atoms with E-state index in [2.05, 4.69) is 5.32 Å². The summed E-state index contributed by atoms with van der Waals surface area (Å²) < 4.78 is 10.5. The van der Waals surface area contributed by atoms with E-state index < -0.39 is 0 Å². The Morgan fingerprint density at radius 1 is 1.10 bits per heavy atom. The number of carbonyl (C=O) groups is 1. The van der Waals surface area contributed by atoms with E-state index in [1.54, 1.807) is 50.6 Å². The van der Waals surface area contributed by atoms with Crippen molar-refractivity contribution in [3.8, 4) is 11.5 Å². The first kappa shape index (κ1) is 15.2. The van der Waals surface area contributed by atoms with Crippen LogP contribution >= 0.6 is 11.6 Å². The molecule has 0 unspecified atom stereocenters. The summed E-state index contributed by atoms with van der Waals surface area (Å²) in [5, 5.41) is 3.24. The molecule has 0 aliphatic rings. The molecule has 0 spiro atoms. The molecule has 2 aromatic carbocycles. The molecular weight excluding hydrogens is 290 g/mol. The van der Waals surface area contributed by atoms with Crippen molar-refractivity contribution in [2.75, 3.05) is 19.5 Å². The second kappa shape index (κ2) is 6.50. The van der Waals surface area contributed by atoms with E-state index in [9.17, 15) is 4.79 Å². The van der Waals surface area contributed by atoms with Gasteiger partial charge < -0.3 is 14.8 Å². The Balaban J connectivity index is 2.31. The zero-order valence-corrected chi connectivity index (χ0v) is 12.8. The molecule has 0 saturated heterocycles. The molecule has 0 heterocycles. The van der Waals surface area contributed by atoms with E-state index in [4.69, 9.17) is 21.1 Å². The van der Waals surface area contributed by atoms with Gasteiger partial charge in [0.25, 0.3) is 5.91 Å². The third-order valence-electron chi connectivity index (χ3n) is 3.10. The Bertz CT molecular complexity index is 671. The van der Waals surface area contributed by atoms with E-state index in [0.29, 0.717) is 27.8 Å². The van der Waals surface area contributed by atoms with Gasteiger partial charge in [0.05, 0.1) is 24.8 Å². The second-order valence-electron chi connectivity index (χ2n) is 4.46. The third kappa shape index (κ3) is 3.28. The fraction of sp³-hybridized carbons (Fsp3) is 0.188. The van der Waals surface area contributed by atoms with Crippen LogP contribution in [0.1, 0.15) is 15.9 Å². The van der Waals surface area contributed by atoms with Crippen molar-refractivity contribution in [3.63, 3.8) is 0 Å². The fourth-order valence-electron chi connectivity index (χ4n) is 1.95. The Kier molecular flexibility index (Phi) is 4.70. The van der Waals surface area contributed by atoms with E-state index in [-0.39, 0.29) is 5.91 Å². The molecular formula is C16H16ClNO3. The van der Waals surface area contributed by atoms with E-state index in [1.165, 1.54) is 0 Å². The first-order valence-corrected chi connectivity index (χ1v) is 6.73. The molecule has 0 bridgehead atoms. The summed E-state index contributed by atoms with van der Waals surface area (Å²) in [4.78, 5) is 12.3. The Hall–Kier alpha value is -2.20. The minimum atomic E-state index is -0.268. The third-order valence-corrected chi connectivity index (χ3v) is 3.43. The molecule has 0 fully saturated rings. The van der Waals surface area contributed by atoms with Gasteiger partial charge in [-0.1, -0.05) is 23.7 Å². The molecule has 2 rings (SSSR count). The van der Waals surface area contributed by atoms with Gasteiger partial charge in [-0.05, 0) is 30.7 Å². The molecule has 0 aliphatic carbocycles. The molecule has 0 aliphatic heterocycles. The Morgan fingerprint density at radius 2 is 1.71 bits per heavy atom. The lowest BCUT2D eigenvalue weighted by Crippen LogP contribution is -2.13. The van der Waals surface area contributed by atoms with E-state index >= 15 is 0 Å². The van der Waals surface area contributed by atoms with Crippen molar-refractivity contribution in [1.82, 2.24) is 0 Å². The maximum absolute atomic E-state index is 12.3. The maximum Gasteiger partial charge on any atom is 0.257 e.